The van der Waals surface area contributed by atoms with Crippen LogP contribution in [0.25, 0.3) is 0 Å². The predicted molar refractivity (Wildman–Crippen MR) is 95.6 cm³/mol. The Balaban J connectivity index is 2.65. The summed E-state index contributed by atoms with van der Waals surface area (Å²) in [7, 11) is -3.76. The van der Waals surface area contributed by atoms with E-state index in [-0.39, 0.29) is 10.3 Å². The second-order valence-corrected chi connectivity index (χ2v) is 9.33. The second kappa shape index (κ2) is 6.42. The Hall–Kier alpha value is -1.11. The zero-order chi connectivity index (χ0) is 17.4. The molecular weight excluding hydrogens is 352 g/mol. The number of sulfonamides is 1. The Labute approximate surface area is 146 Å². The molecule has 0 aliphatic heterocycles. The van der Waals surface area contributed by atoms with Gasteiger partial charge in [-0.2, -0.15) is 8.42 Å². The molecule has 2 aromatic rings. The van der Waals surface area contributed by atoms with Crippen molar-refractivity contribution in [1.82, 2.24) is 4.57 Å². The van der Waals surface area contributed by atoms with Crippen molar-refractivity contribution in [2.45, 2.75) is 51.5 Å². The third-order valence-electron chi connectivity index (χ3n) is 3.46. The molecule has 1 heterocycles. The van der Waals surface area contributed by atoms with Gasteiger partial charge in [0.1, 0.15) is 0 Å². The van der Waals surface area contributed by atoms with E-state index in [2.05, 4.69) is 25.2 Å². The molecule has 0 amide bonds. The lowest BCUT2D eigenvalue weighted by atomic mass is 9.93. The van der Waals surface area contributed by atoms with Crippen LogP contribution in [0.2, 0.25) is 5.02 Å². The molecule has 0 atom stereocenters. The lowest BCUT2D eigenvalue weighted by Gasteiger charge is -2.17. The number of benzene rings is 1. The van der Waals surface area contributed by atoms with E-state index >= 15 is 0 Å². The number of nitrogens with zero attached hydrogens (tertiary/aromatic N) is 2. The third-order valence-corrected chi connectivity index (χ3v) is 6.72. The number of rotatable bonds is 3. The van der Waals surface area contributed by atoms with Gasteiger partial charge in [0.2, 0.25) is 4.80 Å². The summed E-state index contributed by atoms with van der Waals surface area (Å²) in [5.41, 5.74) is 1.01. The van der Waals surface area contributed by atoms with Crippen molar-refractivity contribution < 1.29 is 8.42 Å². The van der Waals surface area contributed by atoms with E-state index in [4.69, 9.17) is 11.6 Å². The molecule has 4 nitrogen and oxygen atoms in total. The van der Waals surface area contributed by atoms with Crippen LogP contribution >= 0.6 is 22.9 Å². The fraction of sp³-hybridized carbons (Fsp3) is 0.438. The number of aromatic nitrogens is 1. The first-order chi connectivity index (χ1) is 10.6. The molecular formula is C16H21ClN2O2S2. The Morgan fingerprint density at radius 1 is 1.22 bits per heavy atom. The predicted octanol–water partition coefficient (Wildman–Crippen LogP) is 4.12. The summed E-state index contributed by atoms with van der Waals surface area (Å²) in [6.07, 6.45) is 0. The molecule has 0 unspecified atom stereocenters. The van der Waals surface area contributed by atoms with Crippen molar-refractivity contribution in [3.05, 3.63) is 44.7 Å². The average molecular weight is 373 g/mol. The van der Waals surface area contributed by atoms with Crippen molar-refractivity contribution in [3.8, 4) is 0 Å². The largest absolute Gasteiger partial charge is 0.320 e. The molecule has 0 radical (unpaired) electrons. The Kier molecular flexibility index (Phi) is 5.09. The molecule has 2 rings (SSSR count). The SMILES string of the molecule is CCn1c(C)c(C(C)(C)C)sc1=NS(=O)(=O)c1ccc(Cl)cc1. The minimum Gasteiger partial charge on any atom is -0.320 e. The zero-order valence-electron chi connectivity index (χ0n) is 13.9. The number of halogens is 1. The summed E-state index contributed by atoms with van der Waals surface area (Å²) in [4.78, 5) is 1.79. The van der Waals surface area contributed by atoms with Crippen LogP contribution in [0.4, 0.5) is 0 Å². The first-order valence-corrected chi connectivity index (χ1v) is 9.97. The fourth-order valence-electron chi connectivity index (χ4n) is 2.38. The van der Waals surface area contributed by atoms with Crippen molar-refractivity contribution >= 4 is 33.0 Å². The quantitative estimate of drug-likeness (QED) is 0.813. The average Bonchev–Trinajstić information content (AvgIpc) is 2.74. The summed E-state index contributed by atoms with van der Waals surface area (Å²) in [6.45, 7) is 11.0. The zero-order valence-corrected chi connectivity index (χ0v) is 16.3. The second-order valence-electron chi connectivity index (χ2n) is 6.31. The van der Waals surface area contributed by atoms with Gasteiger partial charge in [0.25, 0.3) is 10.0 Å². The first-order valence-electron chi connectivity index (χ1n) is 7.33. The van der Waals surface area contributed by atoms with Gasteiger partial charge in [0.05, 0.1) is 4.90 Å². The molecule has 1 aromatic carbocycles. The van der Waals surface area contributed by atoms with Crippen LogP contribution in [0.15, 0.2) is 33.6 Å². The molecule has 23 heavy (non-hydrogen) atoms. The van der Waals surface area contributed by atoms with Gasteiger partial charge in [0.15, 0.2) is 0 Å². The van der Waals surface area contributed by atoms with Crippen molar-refractivity contribution in [3.63, 3.8) is 0 Å². The molecule has 0 aliphatic rings. The Morgan fingerprint density at radius 2 is 1.78 bits per heavy atom. The minimum absolute atomic E-state index is 0.0521. The van der Waals surface area contributed by atoms with E-state index in [0.29, 0.717) is 16.4 Å². The maximum absolute atomic E-state index is 12.5. The van der Waals surface area contributed by atoms with Gasteiger partial charge in [-0.3, -0.25) is 0 Å². The molecule has 0 saturated carbocycles. The standard InChI is InChI=1S/C16H21ClN2O2S2/c1-6-19-11(2)14(16(3,4)5)22-15(19)18-23(20,21)13-9-7-12(17)8-10-13/h7-10H,6H2,1-5H3. The molecule has 7 heteroatoms. The summed E-state index contributed by atoms with van der Waals surface area (Å²) in [5.74, 6) is 0. The van der Waals surface area contributed by atoms with Gasteiger partial charge >= 0.3 is 0 Å². The normalized spacial score (nSPS) is 13.6. The van der Waals surface area contributed by atoms with Crippen LogP contribution in [0.3, 0.4) is 0 Å². The van der Waals surface area contributed by atoms with Crippen LogP contribution in [-0.4, -0.2) is 13.0 Å². The van der Waals surface area contributed by atoms with Crippen molar-refractivity contribution in [2.75, 3.05) is 0 Å². The fourth-order valence-corrected chi connectivity index (χ4v) is 4.97. The topological polar surface area (TPSA) is 51.4 Å². The molecule has 0 saturated heterocycles. The number of hydrogen-bond acceptors (Lipinski definition) is 3. The summed E-state index contributed by atoms with van der Waals surface area (Å²) in [6, 6.07) is 6.06. The Bertz CT molecular complexity index is 870. The van der Waals surface area contributed by atoms with Gasteiger partial charge < -0.3 is 4.57 Å². The molecule has 0 fully saturated rings. The number of hydrogen-bond donors (Lipinski definition) is 0. The van der Waals surface area contributed by atoms with Crippen molar-refractivity contribution in [1.29, 1.82) is 0 Å². The highest BCUT2D eigenvalue weighted by molar-refractivity contribution is 7.90. The van der Waals surface area contributed by atoms with E-state index in [9.17, 15) is 8.42 Å². The van der Waals surface area contributed by atoms with Crippen LogP contribution in [-0.2, 0) is 22.0 Å². The maximum atomic E-state index is 12.5. The van der Waals surface area contributed by atoms with Gasteiger partial charge in [-0.15, -0.1) is 15.7 Å². The van der Waals surface area contributed by atoms with E-state index in [1.807, 2.05) is 18.4 Å². The van der Waals surface area contributed by atoms with E-state index < -0.39 is 10.0 Å². The summed E-state index contributed by atoms with van der Waals surface area (Å²) in [5, 5.41) is 0.495. The molecule has 0 spiro atoms. The highest BCUT2D eigenvalue weighted by Crippen LogP contribution is 2.28. The lowest BCUT2D eigenvalue weighted by molar-refractivity contribution is 0.585. The smallest absolute Gasteiger partial charge is 0.285 e. The van der Waals surface area contributed by atoms with Crippen LogP contribution in [0, 0.1) is 6.92 Å². The molecule has 1 aromatic heterocycles. The molecule has 0 bridgehead atoms. The van der Waals surface area contributed by atoms with Crippen LogP contribution in [0.1, 0.15) is 38.3 Å². The Morgan fingerprint density at radius 3 is 2.26 bits per heavy atom. The maximum Gasteiger partial charge on any atom is 0.285 e. The molecule has 0 N–H and O–H groups in total. The number of thiazole rings is 1. The van der Waals surface area contributed by atoms with Gasteiger partial charge in [-0.25, -0.2) is 0 Å². The highest BCUT2D eigenvalue weighted by Gasteiger charge is 2.22. The highest BCUT2D eigenvalue weighted by atomic mass is 35.5. The van der Waals surface area contributed by atoms with Crippen LogP contribution in [0.5, 0.6) is 0 Å². The van der Waals surface area contributed by atoms with Crippen molar-refractivity contribution in [2.24, 2.45) is 4.40 Å². The van der Waals surface area contributed by atoms with Gasteiger partial charge in [0, 0.05) is 22.1 Å². The minimum atomic E-state index is -3.76. The monoisotopic (exact) mass is 372 g/mol. The van der Waals surface area contributed by atoms with E-state index in [1.54, 1.807) is 12.1 Å². The summed E-state index contributed by atoms with van der Waals surface area (Å²) < 4.78 is 31.1. The molecule has 0 aliphatic carbocycles. The van der Waals surface area contributed by atoms with E-state index in [1.165, 1.54) is 23.5 Å². The lowest BCUT2D eigenvalue weighted by Crippen LogP contribution is -2.17. The molecule has 126 valence electrons. The van der Waals surface area contributed by atoms with Crippen LogP contribution < -0.4 is 4.80 Å². The van der Waals surface area contributed by atoms with Gasteiger partial charge in [-0.05, 0) is 43.5 Å². The summed E-state index contributed by atoms with van der Waals surface area (Å²) >= 11 is 7.25. The first kappa shape index (κ1) is 18.2. The van der Waals surface area contributed by atoms with Gasteiger partial charge in [-0.1, -0.05) is 32.4 Å². The van der Waals surface area contributed by atoms with E-state index in [0.717, 1.165) is 10.6 Å². The third kappa shape index (κ3) is 3.87.